The number of aromatic nitrogens is 2. The summed E-state index contributed by atoms with van der Waals surface area (Å²) in [6.07, 6.45) is 5.11. The monoisotopic (exact) mass is 243 g/mol. The zero-order valence-electron chi connectivity index (χ0n) is 10.5. The van der Waals surface area contributed by atoms with Crippen molar-refractivity contribution in [3.8, 4) is 0 Å². The summed E-state index contributed by atoms with van der Waals surface area (Å²) in [5, 5.41) is 0. The van der Waals surface area contributed by atoms with Crippen LogP contribution in [0.4, 0.5) is 0 Å². The Morgan fingerprint density at radius 2 is 2.33 bits per heavy atom. The molecule has 0 bridgehead atoms. The molecule has 2 aromatic rings. The van der Waals surface area contributed by atoms with Gasteiger partial charge in [0.2, 0.25) is 0 Å². The van der Waals surface area contributed by atoms with Crippen molar-refractivity contribution >= 4 is 11.8 Å². The predicted molar refractivity (Wildman–Crippen MR) is 70.1 cm³/mol. The lowest BCUT2D eigenvalue weighted by Gasteiger charge is -2.29. The first-order valence-corrected chi connectivity index (χ1v) is 6.39. The topological polar surface area (TPSA) is 37.6 Å². The maximum atomic E-state index is 11.2. The Morgan fingerprint density at radius 3 is 3.11 bits per heavy atom. The maximum absolute atomic E-state index is 11.2. The molecule has 0 aliphatic carbocycles. The van der Waals surface area contributed by atoms with Gasteiger partial charge in [-0.2, -0.15) is 0 Å². The zero-order valence-corrected chi connectivity index (χ0v) is 10.5. The first kappa shape index (κ1) is 11.4. The highest BCUT2D eigenvalue weighted by Crippen LogP contribution is 2.26. The van der Waals surface area contributed by atoms with E-state index in [0.717, 1.165) is 37.1 Å². The fourth-order valence-electron chi connectivity index (χ4n) is 2.86. The summed E-state index contributed by atoms with van der Waals surface area (Å²) >= 11 is 0. The normalized spacial score (nSPS) is 21.3. The number of imidazole rings is 1. The number of piperidine rings is 1. The smallest absolute Gasteiger partial charge is 0.166 e. The van der Waals surface area contributed by atoms with E-state index in [-0.39, 0.29) is 0 Å². The number of carbonyl (C=O) groups is 1. The van der Waals surface area contributed by atoms with Gasteiger partial charge in [-0.3, -0.25) is 9.20 Å². The van der Waals surface area contributed by atoms with Crippen molar-refractivity contribution < 1.29 is 4.79 Å². The molecule has 18 heavy (non-hydrogen) atoms. The molecular weight excluding hydrogens is 226 g/mol. The second kappa shape index (κ2) is 4.53. The lowest BCUT2D eigenvalue weighted by atomic mass is 9.97. The molecule has 1 fully saturated rings. The van der Waals surface area contributed by atoms with E-state index in [1.165, 1.54) is 6.42 Å². The van der Waals surface area contributed by atoms with Gasteiger partial charge in [0.15, 0.2) is 6.29 Å². The van der Waals surface area contributed by atoms with Crippen molar-refractivity contribution in [3.63, 3.8) is 0 Å². The van der Waals surface area contributed by atoms with Crippen LogP contribution < -0.4 is 0 Å². The molecule has 1 aliphatic rings. The minimum Gasteiger partial charge on any atom is -0.306 e. The number of likely N-dealkylation sites (N-methyl/N-ethyl adjacent to an activating group) is 1. The van der Waals surface area contributed by atoms with E-state index < -0.39 is 0 Å². The third-order valence-corrected chi connectivity index (χ3v) is 3.72. The molecule has 3 rings (SSSR count). The highest BCUT2D eigenvalue weighted by molar-refractivity contribution is 5.74. The summed E-state index contributed by atoms with van der Waals surface area (Å²) in [5.74, 6) is 1.45. The Balaban J connectivity index is 2.08. The van der Waals surface area contributed by atoms with Crippen LogP contribution in [0, 0.1) is 0 Å². The first-order valence-electron chi connectivity index (χ1n) is 6.39. The van der Waals surface area contributed by atoms with Crippen LogP contribution in [-0.2, 0) is 0 Å². The Hall–Kier alpha value is -1.68. The molecule has 1 unspecified atom stereocenters. The fraction of sp³-hybridized carbons (Fsp3) is 0.429. The summed E-state index contributed by atoms with van der Waals surface area (Å²) < 4.78 is 2.00. The maximum Gasteiger partial charge on any atom is 0.166 e. The molecule has 2 aromatic heterocycles. The van der Waals surface area contributed by atoms with Crippen LogP contribution in [0.5, 0.6) is 0 Å². The standard InChI is InChI=1S/C14H17N3O/c1-16-7-3-4-11(9-16)14-15-8-12-5-2-6-13(10-18)17(12)14/h2,5-6,8,10-11H,3-4,7,9H2,1H3. The number of pyridine rings is 1. The van der Waals surface area contributed by atoms with E-state index in [2.05, 4.69) is 16.9 Å². The lowest BCUT2D eigenvalue weighted by molar-refractivity contribution is 0.111. The van der Waals surface area contributed by atoms with E-state index in [9.17, 15) is 4.79 Å². The van der Waals surface area contributed by atoms with Crippen molar-refractivity contribution in [3.05, 3.63) is 35.9 Å². The van der Waals surface area contributed by atoms with E-state index in [4.69, 9.17) is 0 Å². The minimum absolute atomic E-state index is 0.423. The average Bonchev–Trinajstić information content (AvgIpc) is 2.82. The SMILES string of the molecule is CN1CCCC(c2ncc3cccc(C=O)n23)C1. The van der Waals surface area contributed by atoms with Gasteiger partial charge >= 0.3 is 0 Å². The van der Waals surface area contributed by atoms with Crippen LogP contribution in [0.15, 0.2) is 24.4 Å². The molecule has 1 aliphatic heterocycles. The Labute approximate surface area is 106 Å². The van der Waals surface area contributed by atoms with Crippen LogP contribution in [0.1, 0.15) is 35.1 Å². The number of aldehydes is 1. The molecule has 1 atom stereocenters. The highest BCUT2D eigenvalue weighted by atomic mass is 16.1. The van der Waals surface area contributed by atoms with Crippen LogP contribution >= 0.6 is 0 Å². The van der Waals surface area contributed by atoms with Crippen LogP contribution in [0.3, 0.4) is 0 Å². The number of hydrogen-bond acceptors (Lipinski definition) is 3. The van der Waals surface area contributed by atoms with E-state index >= 15 is 0 Å². The molecule has 0 spiro atoms. The van der Waals surface area contributed by atoms with Gasteiger partial charge in [-0.25, -0.2) is 4.98 Å². The molecule has 4 nitrogen and oxygen atoms in total. The van der Waals surface area contributed by atoms with Gasteiger partial charge in [0, 0.05) is 12.5 Å². The van der Waals surface area contributed by atoms with Gasteiger partial charge in [0.05, 0.1) is 17.4 Å². The van der Waals surface area contributed by atoms with Gasteiger partial charge in [-0.1, -0.05) is 6.07 Å². The summed E-state index contributed by atoms with van der Waals surface area (Å²) in [5.41, 5.74) is 1.69. The molecule has 4 heteroatoms. The van der Waals surface area contributed by atoms with Crippen molar-refractivity contribution in [2.24, 2.45) is 0 Å². The second-order valence-electron chi connectivity index (χ2n) is 5.05. The van der Waals surface area contributed by atoms with Gasteiger partial charge in [-0.15, -0.1) is 0 Å². The lowest BCUT2D eigenvalue weighted by Crippen LogP contribution is -2.31. The summed E-state index contributed by atoms with van der Waals surface area (Å²) in [7, 11) is 2.14. The fourth-order valence-corrected chi connectivity index (χ4v) is 2.86. The molecule has 0 N–H and O–H groups in total. The van der Waals surface area contributed by atoms with Gasteiger partial charge in [-0.05, 0) is 38.6 Å². The third-order valence-electron chi connectivity index (χ3n) is 3.72. The number of hydrogen-bond donors (Lipinski definition) is 0. The minimum atomic E-state index is 0.423. The molecular formula is C14H17N3O. The number of carbonyl (C=O) groups excluding carboxylic acids is 1. The number of likely N-dealkylation sites (tertiary alicyclic amines) is 1. The van der Waals surface area contributed by atoms with Crippen molar-refractivity contribution in [2.75, 3.05) is 20.1 Å². The van der Waals surface area contributed by atoms with E-state index in [1.54, 1.807) is 0 Å². The summed E-state index contributed by atoms with van der Waals surface area (Å²) in [6.45, 7) is 2.17. The number of rotatable bonds is 2. The second-order valence-corrected chi connectivity index (χ2v) is 5.05. The quantitative estimate of drug-likeness (QED) is 0.757. The van der Waals surface area contributed by atoms with Crippen molar-refractivity contribution in [1.29, 1.82) is 0 Å². The zero-order chi connectivity index (χ0) is 12.5. The number of fused-ring (bicyclic) bond motifs is 1. The van der Waals surface area contributed by atoms with E-state index in [0.29, 0.717) is 11.6 Å². The molecule has 0 amide bonds. The predicted octanol–water partition coefficient (Wildman–Crippen LogP) is 1.96. The van der Waals surface area contributed by atoms with Crippen LogP contribution in [0.25, 0.3) is 5.52 Å². The summed E-state index contributed by atoms with van der Waals surface area (Å²) in [6, 6.07) is 5.74. The average molecular weight is 243 g/mol. The number of nitrogens with zero attached hydrogens (tertiary/aromatic N) is 3. The molecule has 0 radical (unpaired) electrons. The summed E-state index contributed by atoms with van der Waals surface area (Å²) in [4.78, 5) is 18.0. The van der Waals surface area contributed by atoms with Crippen molar-refractivity contribution in [2.45, 2.75) is 18.8 Å². The Morgan fingerprint density at radius 1 is 1.44 bits per heavy atom. The molecule has 3 heterocycles. The first-order chi connectivity index (χ1) is 8.79. The highest BCUT2D eigenvalue weighted by Gasteiger charge is 2.23. The van der Waals surface area contributed by atoms with E-state index in [1.807, 2.05) is 28.8 Å². The Bertz CT molecular complexity index is 575. The van der Waals surface area contributed by atoms with Gasteiger partial charge in [0.1, 0.15) is 5.82 Å². The third kappa shape index (κ3) is 1.82. The molecule has 94 valence electrons. The Kier molecular flexibility index (Phi) is 2.88. The van der Waals surface area contributed by atoms with Gasteiger partial charge < -0.3 is 4.90 Å². The van der Waals surface area contributed by atoms with Crippen LogP contribution in [-0.4, -0.2) is 40.7 Å². The van der Waals surface area contributed by atoms with Crippen LogP contribution in [0.2, 0.25) is 0 Å². The van der Waals surface area contributed by atoms with Crippen molar-refractivity contribution in [1.82, 2.24) is 14.3 Å². The largest absolute Gasteiger partial charge is 0.306 e. The molecule has 0 aromatic carbocycles. The van der Waals surface area contributed by atoms with Gasteiger partial charge in [0.25, 0.3) is 0 Å². The molecule has 1 saturated heterocycles. The molecule has 0 saturated carbocycles.